The molecule has 0 radical (unpaired) electrons. The van der Waals surface area contributed by atoms with E-state index < -0.39 is 0 Å². The molecule has 0 aromatic heterocycles. The summed E-state index contributed by atoms with van der Waals surface area (Å²) in [6.45, 7) is 1.44. The van der Waals surface area contributed by atoms with E-state index in [0.717, 1.165) is 17.4 Å². The minimum Gasteiger partial charge on any atom is -0.398 e. The third-order valence-corrected chi connectivity index (χ3v) is 3.08. The molecule has 0 spiro atoms. The summed E-state index contributed by atoms with van der Waals surface area (Å²) in [7, 11) is 0. The number of benzene rings is 1. The molecule has 1 aliphatic heterocycles. The van der Waals surface area contributed by atoms with Crippen LogP contribution in [0.3, 0.4) is 0 Å². The van der Waals surface area contributed by atoms with E-state index in [1.807, 2.05) is 12.1 Å². The predicted molar refractivity (Wildman–Crippen MR) is 68.2 cm³/mol. The standard InChI is InChI=1S/C12H13BrN2O/c13-9-4-5-11(14)10(8-9)12(16)15-6-2-1-3-7-15/h1-2,4-5,8H,3,6-7,14H2. The number of nitrogens with zero attached hydrogens (tertiary/aromatic N) is 1. The Bertz CT molecular complexity index is 443. The molecule has 0 fully saturated rings. The second-order valence-electron chi connectivity index (χ2n) is 3.74. The first-order chi connectivity index (χ1) is 7.68. The Labute approximate surface area is 103 Å². The molecule has 2 rings (SSSR count). The minimum atomic E-state index is 0.00292. The van der Waals surface area contributed by atoms with Crippen LogP contribution in [0.5, 0.6) is 0 Å². The highest BCUT2D eigenvalue weighted by Gasteiger charge is 2.18. The Hall–Kier alpha value is -1.29. The first kappa shape index (κ1) is 11.2. The Morgan fingerprint density at radius 3 is 2.88 bits per heavy atom. The lowest BCUT2D eigenvalue weighted by atomic mass is 10.1. The van der Waals surface area contributed by atoms with Crippen molar-refractivity contribution in [1.29, 1.82) is 0 Å². The van der Waals surface area contributed by atoms with Crippen molar-refractivity contribution in [2.75, 3.05) is 18.8 Å². The van der Waals surface area contributed by atoms with Crippen molar-refractivity contribution in [3.05, 3.63) is 40.4 Å². The molecule has 0 atom stereocenters. The zero-order valence-electron chi connectivity index (χ0n) is 8.82. The summed E-state index contributed by atoms with van der Waals surface area (Å²) in [6, 6.07) is 5.36. The van der Waals surface area contributed by atoms with Crippen LogP contribution < -0.4 is 5.73 Å². The van der Waals surface area contributed by atoms with Crippen molar-refractivity contribution in [3.8, 4) is 0 Å². The van der Waals surface area contributed by atoms with Crippen LogP contribution >= 0.6 is 15.9 Å². The fourth-order valence-corrected chi connectivity index (χ4v) is 2.07. The Morgan fingerprint density at radius 2 is 2.19 bits per heavy atom. The molecule has 1 aromatic rings. The maximum atomic E-state index is 12.2. The zero-order chi connectivity index (χ0) is 11.5. The summed E-state index contributed by atoms with van der Waals surface area (Å²) >= 11 is 3.35. The van der Waals surface area contributed by atoms with Gasteiger partial charge in [0.05, 0.1) is 5.56 Å². The number of rotatable bonds is 1. The van der Waals surface area contributed by atoms with Gasteiger partial charge in [0.15, 0.2) is 0 Å². The van der Waals surface area contributed by atoms with Gasteiger partial charge in [-0.05, 0) is 24.6 Å². The third-order valence-electron chi connectivity index (χ3n) is 2.59. The van der Waals surface area contributed by atoms with Crippen LogP contribution in [-0.4, -0.2) is 23.9 Å². The number of hydrogen-bond donors (Lipinski definition) is 1. The van der Waals surface area contributed by atoms with Crippen molar-refractivity contribution in [2.45, 2.75) is 6.42 Å². The number of anilines is 1. The average molecular weight is 281 g/mol. The van der Waals surface area contributed by atoms with Crippen molar-refractivity contribution in [2.24, 2.45) is 0 Å². The lowest BCUT2D eigenvalue weighted by Gasteiger charge is -2.24. The second kappa shape index (κ2) is 4.70. The number of carbonyl (C=O) groups is 1. The molecule has 2 N–H and O–H groups in total. The van der Waals surface area contributed by atoms with Crippen molar-refractivity contribution in [1.82, 2.24) is 4.90 Å². The number of halogens is 1. The van der Waals surface area contributed by atoms with Gasteiger partial charge in [-0.15, -0.1) is 0 Å². The maximum Gasteiger partial charge on any atom is 0.256 e. The first-order valence-electron chi connectivity index (χ1n) is 5.18. The fourth-order valence-electron chi connectivity index (χ4n) is 1.71. The van der Waals surface area contributed by atoms with Gasteiger partial charge in [0.2, 0.25) is 0 Å². The third kappa shape index (κ3) is 2.27. The number of hydrogen-bond acceptors (Lipinski definition) is 2. The van der Waals surface area contributed by atoms with E-state index in [0.29, 0.717) is 17.8 Å². The summed E-state index contributed by atoms with van der Waals surface area (Å²) < 4.78 is 0.873. The number of amides is 1. The van der Waals surface area contributed by atoms with E-state index in [2.05, 4.69) is 22.0 Å². The van der Waals surface area contributed by atoms with E-state index in [-0.39, 0.29) is 5.91 Å². The predicted octanol–water partition coefficient (Wildman–Crippen LogP) is 2.43. The van der Waals surface area contributed by atoms with Gasteiger partial charge in [0, 0.05) is 23.2 Å². The highest BCUT2D eigenvalue weighted by Crippen LogP contribution is 2.20. The van der Waals surface area contributed by atoms with Gasteiger partial charge in [-0.2, -0.15) is 0 Å². The van der Waals surface area contributed by atoms with Gasteiger partial charge in [0.25, 0.3) is 5.91 Å². The van der Waals surface area contributed by atoms with Crippen LogP contribution in [0.15, 0.2) is 34.8 Å². The molecule has 84 valence electrons. The minimum absolute atomic E-state index is 0.00292. The fraction of sp³-hybridized carbons (Fsp3) is 0.250. The quantitative estimate of drug-likeness (QED) is 0.634. The molecule has 1 aromatic carbocycles. The van der Waals surface area contributed by atoms with Crippen LogP contribution in [0.4, 0.5) is 5.69 Å². The van der Waals surface area contributed by atoms with Crippen molar-refractivity contribution in [3.63, 3.8) is 0 Å². The molecule has 0 unspecified atom stereocenters. The number of nitrogen functional groups attached to an aromatic ring is 1. The van der Waals surface area contributed by atoms with Crippen LogP contribution in [-0.2, 0) is 0 Å². The van der Waals surface area contributed by atoms with E-state index in [1.54, 1.807) is 17.0 Å². The topological polar surface area (TPSA) is 46.3 Å². The first-order valence-corrected chi connectivity index (χ1v) is 5.97. The van der Waals surface area contributed by atoms with E-state index >= 15 is 0 Å². The van der Waals surface area contributed by atoms with Gasteiger partial charge in [-0.25, -0.2) is 0 Å². The van der Waals surface area contributed by atoms with Crippen LogP contribution in [0, 0.1) is 0 Å². The molecule has 4 heteroatoms. The lowest BCUT2D eigenvalue weighted by molar-refractivity contribution is 0.0772. The number of nitrogens with two attached hydrogens (primary N) is 1. The summed E-state index contributed by atoms with van der Waals surface area (Å²) in [5, 5.41) is 0. The van der Waals surface area contributed by atoms with Gasteiger partial charge < -0.3 is 10.6 Å². The molecule has 1 amide bonds. The molecule has 0 bridgehead atoms. The molecule has 1 aliphatic rings. The molecule has 0 aliphatic carbocycles. The molecule has 1 heterocycles. The smallest absolute Gasteiger partial charge is 0.256 e. The Balaban J connectivity index is 2.26. The molecule has 16 heavy (non-hydrogen) atoms. The van der Waals surface area contributed by atoms with Gasteiger partial charge in [-0.3, -0.25) is 4.79 Å². The van der Waals surface area contributed by atoms with E-state index in [1.165, 1.54) is 0 Å². The summed E-state index contributed by atoms with van der Waals surface area (Å²) in [5.74, 6) is 0.00292. The number of carbonyl (C=O) groups excluding carboxylic acids is 1. The Morgan fingerprint density at radius 1 is 1.38 bits per heavy atom. The van der Waals surface area contributed by atoms with Gasteiger partial charge in [0.1, 0.15) is 0 Å². The zero-order valence-corrected chi connectivity index (χ0v) is 10.4. The van der Waals surface area contributed by atoms with Crippen LogP contribution in [0.1, 0.15) is 16.8 Å². The Kier molecular flexibility index (Phi) is 3.29. The van der Waals surface area contributed by atoms with E-state index in [4.69, 9.17) is 5.73 Å². The highest BCUT2D eigenvalue weighted by atomic mass is 79.9. The van der Waals surface area contributed by atoms with Gasteiger partial charge >= 0.3 is 0 Å². The summed E-state index contributed by atoms with van der Waals surface area (Å²) in [6.07, 6.45) is 5.02. The van der Waals surface area contributed by atoms with Gasteiger partial charge in [-0.1, -0.05) is 28.1 Å². The largest absolute Gasteiger partial charge is 0.398 e. The molecule has 3 nitrogen and oxygen atoms in total. The van der Waals surface area contributed by atoms with Crippen LogP contribution in [0.2, 0.25) is 0 Å². The molecular weight excluding hydrogens is 268 g/mol. The molecule has 0 saturated heterocycles. The summed E-state index contributed by atoms with van der Waals surface area (Å²) in [5.41, 5.74) is 6.91. The van der Waals surface area contributed by atoms with Crippen molar-refractivity contribution >= 4 is 27.5 Å². The molecular formula is C12H13BrN2O. The summed E-state index contributed by atoms with van der Waals surface area (Å²) in [4.78, 5) is 14.0. The normalized spacial score (nSPS) is 15.2. The lowest BCUT2D eigenvalue weighted by Crippen LogP contribution is -2.34. The molecule has 0 saturated carbocycles. The SMILES string of the molecule is Nc1ccc(Br)cc1C(=O)N1CC=CCC1. The second-order valence-corrected chi connectivity index (χ2v) is 4.66. The highest BCUT2D eigenvalue weighted by molar-refractivity contribution is 9.10. The van der Waals surface area contributed by atoms with Crippen molar-refractivity contribution < 1.29 is 4.79 Å². The van der Waals surface area contributed by atoms with E-state index in [9.17, 15) is 4.79 Å². The maximum absolute atomic E-state index is 12.2. The average Bonchev–Trinajstić information content (AvgIpc) is 2.32. The monoisotopic (exact) mass is 280 g/mol. The van der Waals surface area contributed by atoms with Crippen LogP contribution in [0.25, 0.3) is 0 Å².